The zero-order valence-corrected chi connectivity index (χ0v) is 9.80. The summed E-state index contributed by atoms with van der Waals surface area (Å²) in [4.78, 5) is 17.9. The molecule has 0 aliphatic heterocycles. The fourth-order valence-electron chi connectivity index (χ4n) is 1.60. The maximum Gasteiger partial charge on any atom is 0.248 e. The third-order valence-electron chi connectivity index (χ3n) is 2.44. The molecule has 2 rings (SSSR count). The van der Waals surface area contributed by atoms with Crippen LogP contribution >= 0.6 is 11.6 Å². The first-order chi connectivity index (χ1) is 7.58. The summed E-state index contributed by atoms with van der Waals surface area (Å²) in [5.41, 5.74) is 3.57. The summed E-state index contributed by atoms with van der Waals surface area (Å²) in [5, 5.41) is 0.505. The van der Waals surface area contributed by atoms with Gasteiger partial charge in [0.15, 0.2) is 0 Å². The van der Waals surface area contributed by atoms with Crippen molar-refractivity contribution in [3.8, 4) is 11.1 Å². The fraction of sp³-hybridized carbons (Fsp3) is 0.167. The van der Waals surface area contributed by atoms with Crippen LogP contribution in [-0.2, 0) is 0 Å². The van der Waals surface area contributed by atoms with E-state index in [-0.39, 0.29) is 5.56 Å². The Morgan fingerprint density at radius 2 is 2.06 bits per heavy atom. The third kappa shape index (κ3) is 1.99. The molecule has 2 aromatic heterocycles. The lowest BCUT2D eigenvalue weighted by Gasteiger charge is -2.06. The Morgan fingerprint density at radius 1 is 1.31 bits per heavy atom. The lowest BCUT2D eigenvalue weighted by atomic mass is 10.1. The van der Waals surface area contributed by atoms with Gasteiger partial charge in [-0.2, -0.15) is 0 Å². The predicted octanol–water partition coefficient (Wildman–Crippen LogP) is 2.71. The lowest BCUT2D eigenvalue weighted by Crippen LogP contribution is -2.05. The second kappa shape index (κ2) is 4.10. The highest BCUT2D eigenvalue weighted by molar-refractivity contribution is 6.30. The monoisotopic (exact) mass is 234 g/mol. The average Bonchev–Trinajstić information content (AvgIpc) is 2.22. The van der Waals surface area contributed by atoms with Crippen molar-refractivity contribution in [2.24, 2.45) is 0 Å². The van der Waals surface area contributed by atoms with Crippen molar-refractivity contribution in [3.05, 3.63) is 51.2 Å². The SMILES string of the molecule is Cc1cc(-c2ccc(=O)[nH]c2C)cnc1Cl. The minimum absolute atomic E-state index is 0.0973. The van der Waals surface area contributed by atoms with E-state index in [0.29, 0.717) is 5.15 Å². The number of hydrogen-bond donors (Lipinski definition) is 1. The molecule has 82 valence electrons. The molecule has 0 unspecified atom stereocenters. The number of nitrogens with one attached hydrogen (secondary N) is 1. The van der Waals surface area contributed by atoms with E-state index in [1.165, 1.54) is 6.07 Å². The number of aromatic amines is 1. The first-order valence-electron chi connectivity index (χ1n) is 4.90. The molecule has 0 spiro atoms. The summed E-state index contributed by atoms with van der Waals surface area (Å²) >= 11 is 5.86. The molecule has 3 nitrogen and oxygen atoms in total. The molecule has 2 aromatic rings. The minimum atomic E-state index is -0.0973. The molecule has 16 heavy (non-hydrogen) atoms. The van der Waals surface area contributed by atoms with Gasteiger partial charge in [0.2, 0.25) is 5.56 Å². The summed E-state index contributed by atoms with van der Waals surface area (Å²) in [7, 11) is 0. The number of pyridine rings is 2. The van der Waals surface area contributed by atoms with Crippen LogP contribution in [0.5, 0.6) is 0 Å². The second-order valence-electron chi connectivity index (χ2n) is 3.69. The number of rotatable bonds is 1. The van der Waals surface area contributed by atoms with Gasteiger partial charge in [0.1, 0.15) is 5.15 Å². The topological polar surface area (TPSA) is 45.8 Å². The third-order valence-corrected chi connectivity index (χ3v) is 2.84. The molecule has 1 N–H and O–H groups in total. The van der Waals surface area contributed by atoms with Gasteiger partial charge in [-0.25, -0.2) is 4.98 Å². The molecule has 0 aromatic carbocycles. The zero-order valence-electron chi connectivity index (χ0n) is 9.04. The number of aromatic nitrogens is 2. The van der Waals surface area contributed by atoms with E-state index >= 15 is 0 Å². The van der Waals surface area contributed by atoms with Crippen molar-refractivity contribution < 1.29 is 0 Å². The quantitative estimate of drug-likeness (QED) is 0.772. The number of aryl methyl sites for hydroxylation is 2. The zero-order chi connectivity index (χ0) is 11.7. The largest absolute Gasteiger partial charge is 0.326 e. The summed E-state index contributed by atoms with van der Waals surface area (Å²) in [6.45, 7) is 3.76. The number of nitrogens with zero attached hydrogens (tertiary/aromatic N) is 1. The summed E-state index contributed by atoms with van der Waals surface area (Å²) in [5.74, 6) is 0. The molecule has 0 aliphatic rings. The molecule has 4 heteroatoms. The highest BCUT2D eigenvalue weighted by Gasteiger charge is 2.05. The van der Waals surface area contributed by atoms with Crippen LogP contribution in [0.1, 0.15) is 11.3 Å². The van der Waals surface area contributed by atoms with Crippen LogP contribution in [0.4, 0.5) is 0 Å². The van der Waals surface area contributed by atoms with Gasteiger partial charge < -0.3 is 4.98 Å². The lowest BCUT2D eigenvalue weighted by molar-refractivity contribution is 1.14. The van der Waals surface area contributed by atoms with Crippen LogP contribution in [0.2, 0.25) is 5.15 Å². The first kappa shape index (κ1) is 10.9. The molecule has 2 heterocycles. The molecule has 0 saturated heterocycles. The normalized spacial score (nSPS) is 10.4. The van der Waals surface area contributed by atoms with E-state index in [2.05, 4.69) is 9.97 Å². The van der Waals surface area contributed by atoms with Crippen LogP contribution < -0.4 is 5.56 Å². The van der Waals surface area contributed by atoms with Crippen molar-refractivity contribution in [1.29, 1.82) is 0 Å². The Hall–Kier alpha value is -1.61. The van der Waals surface area contributed by atoms with E-state index in [1.54, 1.807) is 12.3 Å². The van der Waals surface area contributed by atoms with Crippen LogP contribution in [0.15, 0.2) is 29.2 Å². The van der Waals surface area contributed by atoms with E-state index < -0.39 is 0 Å². The van der Waals surface area contributed by atoms with E-state index in [4.69, 9.17) is 11.6 Å². The van der Waals surface area contributed by atoms with Gasteiger partial charge in [0.05, 0.1) is 0 Å². The van der Waals surface area contributed by atoms with Gasteiger partial charge in [-0.1, -0.05) is 11.6 Å². The van der Waals surface area contributed by atoms with Crippen LogP contribution in [0.25, 0.3) is 11.1 Å². The van der Waals surface area contributed by atoms with Crippen molar-refractivity contribution in [3.63, 3.8) is 0 Å². The summed E-state index contributed by atoms with van der Waals surface area (Å²) < 4.78 is 0. The highest BCUT2D eigenvalue weighted by Crippen LogP contribution is 2.23. The Balaban J connectivity index is 2.59. The molecule has 0 radical (unpaired) electrons. The Bertz CT molecular complexity index is 590. The molecular weight excluding hydrogens is 224 g/mol. The molecule has 0 amide bonds. The first-order valence-corrected chi connectivity index (χ1v) is 5.28. The molecule has 0 fully saturated rings. The standard InChI is InChI=1S/C12H11ClN2O/c1-7-5-9(6-14-12(7)13)10-3-4-11(16)15-8(10)2/h3-6H,1-2H3,(H,15,16). The maximum absolute atomic E-state index is 11.1. The fourth-order valence-corrected chi connectivity index (χ4v) is 1.70. The van der Waals surface area contributed by atoms with Gasteiger partial charge in [-0.3, -0.25) is 4.79 Å². The van der Waals surface area contributed by atoms with Crippen molar-refractivity contribution >= 4 is 11.6 Å². The molecular formula is C12H11ClN2O. The number of hydrogen-bond acceptors (Lipinski definition) is 2. The Kier molecular flexibility index (Phi) is 2.79. The minimum Gasteiger partial charge on any atom is -0.326 e. The van der Waals surface area contributed by atoms with Gasteiger partial charge >= 0.3 is 0 Å². The molecule has 0 bridgehead atoms. The van der Waals surface area contributed by atoms with Gasteiger partial charge in [0, 0.05) is 29.1 Å². The maximum atomic E-state index is 11.1. The second-order valence-corrected chi connectivity index (χ2v) is 4.05. The Labute approximate surface area is 98.1 Å². The van der Waals surface area contributed by atoms with Crippen molar-refractivity contribution in [2.75, 3.05) is 0 Å². The summed E-state index contributed by atoms with van der Waals surface area (Å²) in [6, 6.07) is 5.25. The number of halogens is 1. The molecule has 0 aliphatic carbocycles. The number of H-pyrrole nitrogens is 1. The van der Waals surface area contributed by atoms with Gasteiger partial charge in [-0.15, -0.1) is 0 Å². The smallest absolute Gasteiger partial charge is 0.248 e. The summed E-state index contributed by atoms with van der Waals surface area (Å²) in [6.07, 6.45) is 1.70. The van der Waals surface area contributed by atoms with Crippen LogP contribution in [0.3, 0.4) is 0 Å². The van der Waals surface area contributed by atoms with Gasteiger partial charge in [0.25, 0.3) is 0 Å². The van der Waals surface area contributed by atoms with E-state index in [0.717, 1.165) is 22.4 Å². The predicted molar refractivity (Wildman–Crippen MR) is 64.8 cm³/mol. The average molecular weight is 235 g/mol. The van der Waals surface area contributed by atoms with Crippen molar-refractivity contribution in [1.82, 2.24) is 9.97 Å². The van der Waals surface area contributed by atoms with Crippen LogP contribution in [-0.4, -0.2) is 9.97 Å². The molecule has 0 atom stereocenters. The highest BCUT2D eigenvalue weighted by atomic mass is 35.5. The molecule has 0 saturated carbocycles. The van der Waals surface area contributed by atoms with E-state index in [1.807, 2.05) is 19.9 Å². The van der Waals surface area contributed by atoms with Crippen LogP contribution in [0, 0.1) is 13.8 Å². The van der Waals surface area contributed by atoms with E-state index in [9.17, 15) is 4.79 Å². The van der Waals surface area contributed by atoms with Gasteiger partial charge in [-0.05, 0) is 31.5 Å². The Morgan fingerprint density at radius 3 is 2.69 bits per heavy atom. The van der Waals surface area contributed by atoms with Crippen molar-refractivity contribution in [2.45, 2.75) is 13.8 Å².